The zero-order chi connectivity index (χ0) is 18.4. The van der Waals surface area contributed by atoms with Crippen molar-refractivity contribution in [1.82, 2.24) is 15.5 Å². The highest BCUT2D eigenvalue weighted by Gasteiger charge is 2.09. The van der Waals surface area contributed by atoms with Gasteiger partial charge in [-0.3, -0.25) is 4.79 Å². The van der Waals surface area contributed by atoms with Crippen molar-refractivity contribution in [2.75, 3.05) is 7.11 Å². The van der Waals surface area contributed by atoms with Gasteiger partial charge < -0.3 is 14.6 Å². The molecule has 0 aliphatic heterocycles. The van der Waals surface area contributed by atoms with E-state index in [1.807, 2.05) is 42.5 Å². The first-order chi connectivity index (χ1) is 12.7. The molecule has 1 N–H and O–H groups in total. The monoisotopic (exact) mass is 369 g/mol. The molecule has 0 unspecified atom stereocenters. The lowest BCUT2D eigenvalue weighted by Gasteiger charge is -1.99. The first kappa shape index (κ1) is 17.7. The fraction of sp³-hybridized carbons (Fsp3) is 0.105. The van der Waals surface area contributed by atoms with Crippen molar-refractivity contribution in [3.05, 3.63) is 71.1 Å². The number of methoxy groups -OCH3 is 1. The minimum Gasteiger partial charge on any atom is -0.497 e. The van der Waals surface area contributed by atoms with Gasteiger partial charge in [0.2, 0.25) is 17.6 Å². The Bertz CT molecular complexity index is 920. The van der Waals surface area contributed by atoms with Gasteiger partial charge in [0.15, 0.2) is 0 Å². The van der Waals surface area contributed by atoms with Crippen molar-refractivity contribution in [1.29, 1.82) is 0 Å². The van der Waals surface area contributed by atoms with Crippen LogP contribution >= 0.6 is 11.6 Å². The van der Waals surface area contributed by atoms with E-state index in [2.05, 4.69) is 15.5 Å². The van der Waals surface area contributed by atoms with Crippen LogP contribution in [0.25, 0.3) is 17.5 Å². The van der Waals surface area contributed by atoms with E-state index in [9.17, 15) is 4.79 Å². The average molecular weight is 370 g/mol. The maximum absolute atomic E-state index is 11.9. The van der Waals surface area contributed by atoms with E-state index in [-0.39, 0.29) is 12.5 Å². The Morgan fingerprint density at radius 3 is 2.73 bits per heavy atom. The second kappa shape index (κ2) is 8.31. The summed E-state index contributed by atoms with van der Waals surface area (Å²) in [6.07, 6.45) is 3.05. The summed E-state index contributed by atoms with van der Waals surface area (Å²) in [4.78, 5) is 16.2. The second-order valence-electron chi connectivity index (χ2n) is 5.31. The van der Waals surface area contributed by atoms with Crippen LogP contribution in [0.4, 0.5) is 0 Å². The molecule has 0 atom stereocenters. The third kappa shape index (κ3) is 4.49. The molecule has 1 aromatic heterocycles. The molecular weight excluding hydrogens is 354 g/mol. The van der Waals surface area contributed by atoms with Crippen molar-refractivity contribution in [2.45, 2.75) is 6.54 Å². The van der Waals surface area contributed by atoms with Gasteiger partial charge in [0.05, 0.1) is 13.7 Å². The average Bonchev–Trinajstić information content (AvgIpc) is 3.15. The van der Waals surface area contributed by atoms with E-state index >= 15 is 0 Å². The van der Waals surface area contributed by atoms with Crippen LogP contribution in [0.3, 0.4) is 0 Å². The number of nitrogens with one attached hydrogen (secondary N) is 1. The van der Waals surface area contributed by atoms with Crippen LogP contribution < -0.4 is 10.1 Å². The van der Waals surface area contributed by atoms with Crippen molar-refractivity contribution in [2.24, 2.45) is 0 Å². The van der Waals surface area contributed by atoms with Gasteiger partial charge in [-0.15, -0.1) is 0 Å². The van der Waals surface area contributed by atoms with Crippen molar-refractivity contribution in [3.63, 3.8) is 0 Å². The number of hydrogen-bond acceptors (Lipinski definition) is 5. The molecule has 7 heteroatoms. The number of carbonyl (C=O) groups excluding carboxylic acids is 1. The SMILES string of the molecule is COc1ccc(-c2noc(CNC(=O)/C=C/c3ccccc3Cl)n2)cc1. The molecular formula is C19H16ClN3O3. The normalized spacial score (nSPS) is 10.8. The third-order valence-corrected chi connectivity index (χ3v) is 3.89. The first-order valence-electron chi connectivity index (χ1n) is 7.83. The fourth-order valence-corrected chi connectivity index (χ4v) is 2.38. The molecule has 132 valence electrons. The maximum Gasteiger partial charge on any atom is 0.246 e. The molecule has 1 amide bonds. The molecule has 26 heavy (non-hydrogen) atoms. The molecule has 0 saturated carbocycles. The van der Waals surface area contributed by atoms with E-state index in [1.54, 1.807) is 19.3 Å². The number of benzene rings is 2. The van der Waals surface area contributed by atoms with Gasteiger partial charge in [0.1, 0.15) is 5.75 Å². The van der Waals surface area contributed by atoms with Gasteiger partial charge in [-0.2, -0.15) is 4.98 Å². The van der Waals surface area contributed by atoms with Gasteiger partial charge in [0.25, 0.3) is 0 Å². The Balaban J connectivity index is 1.57. The number of halogens is 1. The van der Waals surface area contributed by atoms with Crippen LogP contribution in [-0.4, -0.2) is 23.2 Å². The lowest BCUT2D eigenvalue weighted by atomic mass is 10.2. The van der Waals surface area contributed by atoms with Gasteiger partial charge in [-0.25, -0.2) is 0 Å². The molecule has 0 saturated heterocycles. The molecule has 1 heterocycles. The summed E-state index contributed by atoms with van der Waals surface area (Å²) < 4.78 is 10.3. The summed E-state index contributed by atoms with van der Waals surface area (Å²) in [7, 11) is 1.60. The van der Waals surface area contributed by atoms with Crippen LogP contribution in [0.2, 0.25) is 5.02 Å². The number of nitrogens with zero attached hydrogens (tertiary/aromatic N) is 2. The van der Waals surface area contributed by atoms with Gasteiger partial charge in [0, 0.05) is 16.7 Å². The van der Waals surface area contributed by atoms with Gasteiger partial charge in [-0.05, 0) is 42.0 Å². The summed E-state index contributed by atoms with van der Waals surface area (Å²) in [6, 6.07) is 14.6. The molecule has 0 bridgehead atoms. The Labute approximate surface area is 155 Å². The summed E-state index contributed by atoms with van der Waals surface area (Å²) in [5.41, 5.74) is 1.56. The minimum absolute atomic E-state index is 0.134. The molecule has 2 aromatic carbocycles. The minimum atomic E-state index is -0.283. The summed E-state index contributed by atoms with van der Waals surface area (Å²) in [5.74, 6) is 1.22. The quantitative estimate of drug-likeness (QED) is 0.670. The second-order valence-corrected chi connectivity index (χ2v) is 5.72. The zero-order valence-corrected chi connectivity index (χ0v) is 14.7. The molecule has 0 fully saturated rings. The van der Waals surface area contributed by atoms with Crippen molar-refractivity contribution in [3.8, 4) is 17.1 Å². The van der Waals surface area contributed by atoms with E-state index in [1.165, 1.54) is 6.08 Å². The lowest BCUT2D eigenvalue weighted by Crippen LogP contribution is -2.20. The highest BCUT2D eigenvalue weighted by molar-refractivity contribution is 6.32. The standard InChI is InChI=1S/C19H16ClN3O3/c1-25-15-9-6-14(7-10-15)19-22-18(26-23-19)12-21-17(24)11-8-13-4-2-3-5-16(13)20/h2-11H,12H2,1H3,(H,21,24)/b11-8+. The predicted octanol–water partition coefficient (Wildman–Crippen LogP) is 3.73. The number of hydrogen-bond donors (Lipinski definition) is 1. The van der Waals surface area contributed by atoms with Crippen LogP contribution in [-0.2, 0) is 11.3 Å². The summed E-state index contributed by atoms with van der Waals surface area (Å²) in [5, 5.41) is 7.18. The molecule has 0 aliphatic rings. The third-order valence-electron chi connectivity index (χ3n) is 3.55. The van der Waals surface area contributed by atoms with Crippen LogP contribution in [0.15, 0.2) is 59.1 Å². The largest absolute Gasteiger partial charge is 0.497 e. The van der Waals surface area contributed by atoms with Gasteiger partial charge in [-0.1, -0.05) is 35.0 Å². The number of carbonyl (C=O) groups is 1. The molecule has 0 aliphatic carbocycles. The van der Waals surface area contributed by atoms with E-state index in [4.69, 9.17) is 20.9 Å². The Morgan fingerprint density at radius 2 is 2.00 bits per heavy atom. The first-order valence-corrected chi connectivity index (χ1v) is 8.21. The highest BCUT2D eigenvalue weighted by Crippen LogP contribution is 2.19. The Kier molecular flexibility index (Phi) is 5.66. The summed E-state index contributed by atoms with van der Waals surface area (Å²) in [6.45, 7) is 0.134. The smallest absolute Gasteiger partial charge is 0.246 e. The highest BCUT2D eigenvalue weighted by atomic mass is 35.5. The van der Waals surface area contributed by atoms with Gasteiger partial charge >= 0.3 is 0 Å². The van der Waals surface area contributed by atoms with Crippen LogP contribution in [0.5, 0.6) is 5.75 Å². The van der Waals surface area contributed by atoms with Crippen LogP contribution in [0, 0.1) is 0 Å². The number of aromatic nitrogens is 2. The van der Waals surface area contributed by atoms with Crippen LogP contribution in [0.1, 0.15) is 11.5 Å². The van der Waals surface area contributed by atoms with Crippen molar-refractivity contribution < 1.29 is 14.1 Å². The number of rotatable bonds is 6. The van der Waals surface area contributed by atoms with E-state index in [0.717, 1.165) is 16.9 Å². The lowest BCUT2D eigenvalue weighted by molar-refractivity contribution is -0.116. The van der Waals surface area contributed by atoms with E-state index in [0.29, 0.717) is 16.7 Å². The number of ether oxygens (including phenoxy) is 1. The molecule has 0 spiro atoms. The molecule has 3 rings (SSSR count). The number of amides is 1. The fourth-order valence-electron chi connectivity index (χ4n) is 2.18. The van der Waals surface area contributed by atoms with E-state index < -0.39 is 0 Å². The topological polar surface area (TPSA) is 77.3 Å². The molecule has 6 nitrogen and oxygen atoms in total. The predicted molar refractivity (Wildman–Crippen MR) is 98.6 cm³/mol. The molecule has 0 radical (unpaired) electrons. The molecule has 3 aromatic rings. The Hall–Kier alpha value is -3.12. The summed E-state index contributed by atoms with van der Waals surface area (Å²) >= 11 is 6.04. The Morgan fingerprint density at radius 1 is 1.23 bits per heavy atom. The maximum atomic E-state index is 11.9. The zero-order valence-electron chi connectivity index (χ0n) is 14.0. The van der Waals surface area contributed by atoms with Crippen molar-refractivity contribution >= 4 is 23.6 Å².